The number of hydrogen-bond donors (Lipinski definition) is 1. The Balaban J connectivity index is 2.76. The van der Waals surface area contributed by atoms with Gasteiger partial charge in [-0.2, -0.15) is 0 Å². The van der Waals surface area contributed by atoms with Gasteiger partial charge in [0, 0.05) is 18.8 Å². The van der Waals surface area contributed by atoms with Crippen molar-refractivity contribution in [2.45, 2.75) is 26.7 Å². The van der Waals surface area contributed by atoms with Crippen molar-refractivity contribution in [3.63, 3.8) is 0 Å². The molecule has 0 unspecified atom stereocenters. The molecule has 0 radical (unpaired) electrons. The first-order chi connectivity index (χ1) is 9.58. The second kappa shape index (κ2) is 8.19. The van der Waals surface area contributed by atoms with Crippen LogP contribution in [-0.2, 0) is 9.53 Å². The summed E-state index contributed by atoms with van der Waals surface area (Å²) in [7, 11) is 0. The molecule has 0 heterocycles. The van der Waals surface area contributed by atoms with E-state index >= 15 is 0 Å². The van der Waals surface area contributed by atoms with Crippen LogP contribution in [0.4, 0.5) is 5.69 Å². The molecule has 1 N–H and O–H groups in total. The van der Waals surface area contributed by atoms with E-state index in [1.54, 1.807) is 19.1 Å². The second-order valence-electron chi connectivity index (χ2n) is 4.40. The molecule has 0 aliphatic carbocycles. The summed E-state index contributed by atoms with van der Waals surface area (Å²) in [5.41, 5.74) is 1.42. The molecule has 110 valence electrons. The normalized spacial score (nSPS) is 10.1. The first-order valence-electron chi connectivity index (χ1n) is 6.82. The number of nitrogens with zero attached hydrogens (tertiary/aromatic N) is 1. The molecule has 0 aliphatic heterocycles. The molecular weight excluding hydrogens is 258 g/mol. The van der Waals surface area contributed by atoms with Crippen LogP contribution < -0.4 is 4.90 Å². The summed E-state index contributed by atoms with van der Waals surface area (Å²) in [5.74, 6) is -1.15. The van der Waals surface area contributed by atoms with Gasteiger partial charge in [-0.15, -0.1) is 0 Å². The maximum Gasteiger partial charge on any atom is 0.338 e. The monoisotopic (exact) mass is 279 g/mol. The molecule has 20 heavy (non-hydrogen) atoms. The number of carbonyl (C=O) groups is 2. The lowest BCUT2D eigenvalue weighted by atomic mass is 10.2. The van der Waals surface area contributed by atoms with E-state index in [1.165, 1.54) is 0 Å². The van der Waals surface area contributed by atoms with Crippen molar-refractivity contribution >= 4 is 17.6 Å². The quantitative estimate of drug-likeness (QED) is 0.741. The third-order valence-electron chi connectivity index (χ3n) is 2.83. The number of hydrogen-bond acceptors (Lipinski definition) is 4. The maximum atomic E-state index is 11.6. The summed E-state index contributed by atoms with van der Waals surface area (Å²) in [5, 5.41) is 8.77. The molecule has 0 amide bonds. The fraction of sp³-hybridized carbons (Fsp3) is 0.467. The third-order valence-corrected chi connectivity index (χ3v) is 2.83. The van der Waals surface area contributed by atoms with Gasteiger partial charge < -0.3 is 14.7 Å². The fourth-order valence-electron chi connectivity index (χ4n) is 1.89. The Morgan fingerprint density at radius 1 is 1.15 bits per heavy atom. The van der Waals surface area contributed by atoms with Crippen molar-refractivity contribution in [1.29, 1.82) is 0 Å². The first-order valence-corrected chi connectivity index (χ1v) is 6.82. The van der Waals surface area contributed by atoms with Crippen molar-refractivity contribution in [1.82, 2.24) is 0 Å². The number of aliphatic carboxylic acids is 1. The molecule has 0 fully saturated rings. The van der Waals surface area contributed by atoms with Gasteiger partial charge in [0.05, 0.1) is 18.6 Å². The number of esters is 1. The molecule has 5 heteroatoms. The molecule has 1 rings (SSSR count). The van der Waals surface area contributed by atoms with Gasteiger partial charge in [-0.25, -0.2) is 4.79 Å². The van der Waals surface area contributed by atoms with E-state index in [2.05, 4.69) is 0 Å². The highest BCUT2D eigenvalue weighted by Gasteiger charge is 2.10. The Hall–Kier alpha value is -2.04. The van der Waals surface area contributed by atoms with Crippen LogP contribution in [0.5, 0.6) is 0 Å². The zero-order chi connectivity index (χ0) is 15.0. The van der Waals surface area contributed by atoms with Gasteiger partial charge in [0.15, 0.2) is 0 Å². The summed E-state index contributed by atoms with van der Waals surface area (Å²) in [6.07, 6.45) is 1.03. The molecule has 0 saturated carbocycles. The van der Waals surface area contributed by atoms with Crippen molar-refractivity contribution in [3.8, 4) is 0 Å². The molecule has 0 saturated heterocycles. The third kappa shape index (κ3) is 4.91. The second-order valence-corrected chi connectivity index (χ2v) is 4.40. The average Bonchev–Trinajstić information content (AvgIpc) is 2.44. The molecule has 0 spiro atoms. The molecule has 0 bridgehead atoms. The van der Waals surface area contributed by atoms with Gasteiger partial charge in [0.2, 0.25) is 0 Å². The Morgan fingerprint density at radius 2 is 1.80 bits per heavy atom. The van der Waals surface area contributed by atoms with E-state index in [0.717, 1.165) is 18.7 Å². The zero-order valence-electron chi connectivity index (χ0n) is 12.0. The van der Waals surface area contributed by atoms with Crippen LogP contribution in [0.2, 0.25) is 0 Å². The minimum absolute atomic E-state index is 0.0969. The van der Waals surface area contributed by atoms with Crippen LogP contribution in [0.15, 0.2) is 24.3 Å². The predicted octanol–water partition coefficient (Wildman–Crippen LogP) is 2.55. The lowest BCUT2D eigenvalue weighted by molar-refractivity contribution is -0.136. The predicted molar refractivity (Wildman–Crippen MR) is 77.2 cm³/mol. The van der Waals surface area contributed by atoms with E-state index < -0.39 is 5.97 Å². The highest BCUT2D eigenvalue weighted by Crippen LogP contribution is 2.16. The Kier molecular flexibility index (Phi) is 6.56. The highest BCUT2D eigenvalue weighted by atomic mass is 16.5. The van der Waals surface area contributed by atoms with E-state index in [0.29, 0.717) is 18.7 Å². The van der Waals surface area contributed by atoms with Gasteiger partial charge in [0.25, 0.3) is 0 Å². The van der Waals surface area contributed by atoms with Crippen LogP contribution in [0.1, 0.15) is 37.0 Å². The summed E-state index contributed by atoms with van der Waals surface area (Å²) in [6.45, 7) is 5.40. The molecule has 1 aromatic carbocycles. The van der Waals surface area contributed by atoms with Gasteiger partial charge in [-0.3, -0.25) is 4.79 Å². The molecule has 0 atom stereocenters. The number of carboxylic acids is 1. The van der Waals surface area contributed by atoms with E-state index in [-0.39, 0.29) is 12.4 Å². The van der Waals surface area contributed by atoms with Gasteiger partial charge in [-0.05, 0) is 37.6 Å². The van der Waals surface area contributed by atoms with Crippen molar-refractivity contribution in [2.75, 3.05) is 24.6 Å². The number of rotatable bonds is 8. The van der Waals surface area contributed by atoms with E-state index in [1.807, 2.05) is 24.0 Å². The molecule has 5 nitrogen and oxygen atoms in total. The number of anilines is 1. The van der Waals surface area contributed by atoms with Gasteiger partial charge >= 0.3 is 11.9 Å². The van der Waals surface area contributed by atoms with Crippen LogP contribution in [0, 0.1) is 0 Å². The topological polar surface area (TPSA) is 66.8 Å². The molecule has 1 aromatic rings. The smallest absolute Gasteiger partial charge is 0.338 e. The molecule has 0 aliphatic rings. The Labute approximate surface area is 119 Å². The lowest BCUT2D eigenvalue weighted by Crippen LogP contribution is -2.26. The zero-order valence-corrected chi connectivity index (χ0v) is 12.0. The summed E-state index contributed by atoms with van der Waals surface area (Å²) >= 11 is 0. The lowest BCUT2D eigenvalue weighted by Gasteiger charge is -2.23. The summed E-state index contributed by atoms with van der Waals surface area (Å²) in [4.78, 5) is 24.2. The SMILES string of the molecule is CCCN(CCC(=O)O)c1ccc(C(=O)OCC)cc1. The minimum Gasteiger partial charge on any atom is -0.481 e. The molecule has 0 aromatic heterocycles. The maximum absolute atomic E-state index is 11.6. The van der Waals surface area contributed by atoms with Crippen molar-refractivity contribution < 1.29 is 19.4 Å². The van der Waals surface area contributed by atoms with Crippen molar-refractivity contribution in [3.05, 3.63) is 29.8 Å². The fourth-order valence-corrected chi connectivity index (χ4v) is 1.89. The van der Waals surface area contributed by atoms with Crippen LogP contribution in [0.3, 0.4) is 0 Å². The standard InChI is InChI=1S/C15H21NO4/c1-3-10-16(11-9-14(17)18)13-7-5-12(6-8-13)15(19)20-4-2/h5-8H,3-4,9-11H2,1-2H3,(H,17,18). The number of carboxylic acid groups (broad SMARTS) is 1. The first kappa shape index (κ1) is 16.0. The number of ether oxygens (including phenoxy) is 1. The Bertz CT molecular complexity index is 442. The van der Waals surface area contributed by atoms with Crippen molar-refractivity contribution in [2.24, 2.45) is 0 Å². The van der Waals surface area contributed by atoms with Crippen LogP contribution >= 0.6 is 0 Å². The van der Waals surface area contributed by atoms with E-state index in [9.17, 15) is 9.59 Å². The molecular formula is C15H21NO4. The number of benzene rings is 1. The average molecular weight is 279 g/mol. The van der Waals surface area contributed by atoms with Gasteiger partial charge in [0.1, 0.15) is 0 Å². The number of carbonyl (C=O) groups excluding carboxylic acids is 1. The largest absolute Gasteiger partial charge is 0.481 e. The van der Waals surface area contributed by atoms with Gasteiger partial charge in [-0.1, -0.05) is 6.92 Å². The Morgan fingerprint density at radius 3 is 2.30 bits per heavy atom. The highest BCUT2D eigenvalue weighted by molar-refractivity contribution is 5.89. The minimum atomic E-state index is -0.811. The van der Waals surface area contributed by atoms with Crippen LogP contribution in [0.25, 0.3) is 0 Å². The summed E-state index contributed by atoms with van der Waals surface area (Å²) in [6, 6.07) is 7.06. The summed E-state index contributed by atoms with van der Waals surface area (Å²) < 4.78 is 4.92. The van der Waals surface area contributed by atoms with E-state index in [4.69, 9.17) is 9.84 Å². The van der Waals surface area contributed by atoms with Crippen LogP contribution in [-0.4, -0.2) is 36.7 Å².